The fourth-order valence-electron chi connectivity index (χ4n) is 4.28. The van der Waals surface area contributed by atoms with E-state index in [0.29, 0.717) is 0 Å². The molecular weight excluding hydrogens is 372 g/mol. The monoisotopic (exact) mass is 394 g/mol. The summed E-state index contributed by atoms with van der Waals surface area (Å²) in [6.45, 7) is 0. The molecule has 0 spiro atoms. The summed E-state index contributed by atoms with van der Waals surface area (Å²) in [5, 5.41) is 0. The number of hydrogen-bond acceptors (Lipinski definition) is 3. The van der Waals surface area contributed by atoms with E-state index >= 15 is 0 Å². The predicted octanol–water partition coefficient (Wildman–Crippen LogP) is 6.69. The van der Waals surface area contributed by atoms with Gasteiger partial charge in [0.25, 0.3) is 0 Å². The van der Waals surface area contributed by atoms with Gasteiger partial charge in [0, 0.05) is 0 Å². The molecule has 0 heterocycles. The number of methoxy groups -OCH3 is 3. The third-order valence-electron chi connectivity index (χ3n) is 5.77. The Labute approximate surface area is 176 Å². The Hall–Kier alpha value is -3.72. The first-order valence-corrected chi connectivity index (χ1v) is 9.88. The molecule has 3 nitrogen and oxygen atoms in total. The van der Waals surface area contributed by atoms with E-state index in [1.54, 1.807) is 21.3 Å². The van der Waals surface area contributed by atoms with E-state index in [-0.39, 0.29) is 0 Å². The molecule has 0 fully saturated rings. The maximum absolute atomic E-state index is 5.57. The van der Waals surface area contributed by atoms with Crippen LogP contribution >= 0.6 is 0 Å². The molecule has 0 aromatic heterocycles. The molecule has 0 N–H and O–H groups in total. The molecule has 0 aliphatic heterocycles. The lowest BCUT2D eigenvalue weighted by Crippen LogP contribution is -1.99. The molecule has 0 saturated heterocycles. The van der Waals surface area contributed by atoms with Crippen molar-refractivity contribution in [3.05, 3.63) is 78.9 Å². The molecule has 0 atom stereocenters. The van der Waals surface area contributed by atoms with Crippen molar-refractivity contribution in [3.8, 4) is 61.8 Å². The number of ether oxygens (including phenoxy) is 3. The van der Waals surface area contributed by atoms with Crippen molar-refractivity contribution in [3.63, 3.8) is 0 Å². The van der Waals surface area contributed by atoms with Gasteiger partial charge in [-0.25, -0.2) is 0 Å². The highest BCUT2D eigenvalue weighted by Crippen LogP contribution is 2.49. The van der Waals surface area contributed by atoms with Gasteiger partial charge < -0.3 is 14.2 Å². The topological polar surface area (TPSA) is 27.7 Å². The predicted molar refractivity (Wildman–Crippen MR) is 121 cm³/mol. The average molecular weight is 394 g/mol. The van der Waals surface area contributed by atoms with Crippen molar-refractivity contribution in [2.24, 2.45) is 0 Å². The first kappa shape index (κ1) is 18.3. The van der Waals surface area contributed by atoms with Gasteiger partial charge in [-0.15, -0.1) is 0 Å². The maximum atomic E-state index is 5.57. The minimum Gasteiger partial charge on any atom is -0.497 e. The minimum atomic E-state index is 0.825. The Morgan fingerprint density at radius 1 is 0.367 bits per heavy atom. The van der Waals surface area contributed by atoms with Crippen molar-refractivity contribution >= 4 is 0 Å². The molecule has 0 bridgehead atoms. The van der Waals surface area contributed by atoms with Crippen LogP contribution in [0.3, 0.4) is 0 Å². The van der Waals surface area contributed by atoms with Gasteiger partial charge in [-0.1, -0.05) is 42.5 Å². The molecular formula is C27H22O3. The Balaban J connectivity index is 1.95. The smallest absolute Gasteiger partial charge is 0.119 e. The van der Waals surface area contributed by atoms with Crippen LogP contribution in [-0.4, -0.2) is 21.3 Å². The van der Waals surface area contributed by atoms with Gasteiger partial charge >= 0.3 is 0 Å². The van der Waals surface area contributed by atoms with Gasteiger partial charge in [-0.05, 0) is 80.9 Å². The van der Waals surface area contributed by atoms with Crippen LogP contribution in [0.5, 0.6) is 17.2 Å². The fraction of sp³-hybridized carbons (Fsp3) is 0.111. The van der Waals surface area contributed by atoms with E-state index in [2.05, 4.69) is 60.7 Å². The van der Waals surface area contributed by atoms with Gasteiger partial charge in [0.1, 0.15) is 17.2 Å². The summed E-state index contributed by atoms with van der Waals surface area (Å²) in [7, 11) is 5.11. The van der Waals surface area contributed by atoms with Crippen molar-refractivity contribution < 1.29 is 14.2 Å². The molecule has 0 saturated carbocycles. The third-order valence-corrected chi connectivity index (χ3v) is 5.77. The van der Waals surface area contributed by atoms with Crippen LogP contribution in [0.1, 0.15) is 0 Å². The summed E-state index contributed by atoms with van der Waals surface area (Å²) in [4.78, 5) is 0. The van der Waals surface area contributed by atoms with E-state index in [1.165, 1.54) is 11.1 Å². The summed E-state index contributed by atoms with van der Waals surface area (Å²) < 4.78 is 16.7. The summed E-state index contributed by atoms with van der Waals surface area (Å²) in [6.07, 6.45) is 0. The number of benzene rings is 4. The van der Waals surface area contributed by atoms with Crippen LogP contribution in [0.25, 0.3) is 44.5 Å². The molecule has 0 unspecified atom stereocenters. The summed E-state index contributed by atoms with van der Waals surface area (Å²) in [6, 6.07) is 27.3. The highest BCUT2D eigenvalue weighted by Gasteiger charge is 2.23. The zero-order chi connectivity index (χ0) is 20.7. The Bertz CT molecular complexity index is 1250. The molecule has 30 heavy (non-hydrogen) atoms. The van der Waals surface area contributed by atoms with Crippen molar-refractivity contribution in [1.29, 1.82) is 0 Å². The quantitative estimate of drug-likeness (QED) is 0.341. The minimum absolute atomic E-state index is 0.825. The van der Waals surface area contributed by atoms with E-state index in [9.17, 15) is 0 Å². The summed E-state index contributed by atoms with van der Waals surface area (Å²) >= 11 is 0. The molecule has 0 amide bonds. The van der Waals surface area contributed by atoms with Crippen LogP contribution in [0, 0.1) is 0 Å². The molecule has 1 aliphatic rings. The van der Waals surface area contributed by atoms with Crippen LogP contribution in [0.2, 0.25) is 0 Å². The second-order valence-electron chi connectivity index (χ2n) is 7.28. The lowest BCUT2D eigenvalue weighted by atomic mass is 9.80. The van der Waals surface area contributed by atoms with E-state index < -0.39 is 0 Å². The molecule has 0 radical (unpaired) electrons. The fourth-order valence-corrected chi connectivity index (χ4v) is 4.28. The molecule has 4 aromatic rings. The van der Waals surface area contributed by atoms with Crippen LogP contribution in [-0.2, 0) is 0 Å². The van der Waals surface area contributed by atoms with Gasteiger partial charge in [-0.2, -0.15) is 0 Å². The van der Waals surface area contributed by atoms with Gasteiger partial charge in [-0.3, -0.25) is 0 Å². The van der Waals surface area contributed by atoms with E-state index in [0.717, 1.165) is 50.6 Å². The molecule has 148 valence electrons. The summed E-state index contributed by atoms with van der Waals surface area (Å²) in [5.41, 5.74) is 9.22. The Morgan fingerprint density at radius 2 is 0.667 bits per heavy atom. The lowest BCUT2D eigenvalue weighted by Gasteiger charge is -2.24. The zero-order valence-electron chi connectivity index (χ0n) is 17.2. The van der Waals surface area contributed by atoms with Crippen LogP contribution < -0.4 is 14.2 Å². The first-order chi connectivity index (χ1) is 14.7. The van der Waals surface area contributed by atoms with Crippen molar-refractivity contribution in [2.45, 2.75) is 0 Å². The molecule has 3 heteroatoms. The summed E-state index contributed by atoms with van der Waals surface area (Å²) in [5.74, 6) is 2.50. The SMILES string of the molecule is COc1ccc2c(c1)-c1ccccc1-c1ccc(OC)cc1-c1cc(OC)ccc1-2. The Kier molecular flexibility index (Phi) is 4.44. The lowest BCUT2D eigenvalue weighted by molar-refractivity contribution is 0.414. The number of hydrogen-bond donors (Lipinski definition) is 0. The van der Waals surface area contributed by atoms with Gasteiger partial charge in [0.15, 0.2) is 0 Å². The van der Waals surface area contributed by atoms with E-state index in [1.807, 2.05) is 18.2 Å². The zero-order valence-corrected chi connectivity index (χ0v) is 17.2. The van der Waals surface area contributed by atoms with Crippen molar-refractivity contribution in [1.82, 2.24) is 0 Å². The second kappa shape index (κ2) is 7.27. The largest absolute Gasteiger partial charge is 0.497 e. The van der Waals surface area contributed by atoms with E-state index in [4.69, 9.17) is 14.2 Å². The highest BCUT2D eigenvalue weighted by molar-refractivity contribution is 6.03. The Morgan fingerprint density at radius 3 is 1.03 bits per heavy atom. The van der Waals surface area contributed by atoms with Crippen LogP contribution in [0.15, 0.2) is 78.9 Å². The first-order valence-electron chi connectivity index (χ1n) is 9.88. The second-order valence-corrected chi connectivity index (χ2v) is 7.28. The van der Waals surface area contributed by atoms with Gasteiger partial charge in [0.05, 0.1) is 21.3 Å². The molecule has 1 aliphatic carbocycles. The average Bonchev–Trinajstić information content (AvgIpc) is 2.82. The van der Waals surface area contributed by atoms with Gasteiger partial charge in [0.2, 0.25) is 0 Å². The molecule has 4 aromatic carbocycles. The third kappa shape index (κ3) is 2.82. The number of rotatable bonds is 3. The highest BCUT2D eigenvalue weighted by atomic mass is 16.5. The molecule has 5 rings (SSSR count). The van der Waals surface area contributed by atoms with Crippen LogP contribution in [0.4, 0.5) is 0 Å². The standard InChI is InChI=1S/C27H22O3/c1-28-17-9-12-23-24-13-10-19(30-3)16-27(24)26-15-18(29-2)8-11-22(26)20-6-4-5-7-21(20)25(23)14-17/h4-16H,1-3H3. The normalized spacial score (nSPS) is 11.2. The number of fused-ring (bicyclic) bond motifs is 8. The van der Waals surface area contributed by atoms with Crippen molar-refractivity contribution in [2.75, 3.05) is 21.3 Å². The maximum Gasteiger partial charge on any atom is 0.119 e.